The monoisotopic (exact) mass is 279 g/mol. The smallest absolute Gasteiger partial charge is 0.124 e. The number of fused-ring (bicyclic) bond motifs is 1. The van der Waals surface area contributed by atoms with E-state index in [4.69, 9.17) is 4.74 Å². The zero-order valence-corrected chi connectivity index (χ0v) is 12.4. The summed E-state index contributed by atoms with van der Waals surface area (Å²) in [5.41, 5.74) is 4.14. The second-order valence-electron chi connectivity index (χ2n) is 6.34. The summed E-state index contributed by atoms with van der Waals surface area (Å²) in [6, 6.07) is 18.4. The van der Waals surface area contributed by atoms with E-state index in [1.165, 1.54) is 29.5 Å². The number of rotatable bonds is 3. The third-order valence-corrected chi connectivity index (χ3v) is 4.82. The van der Waals surface area contributed by atoms with Gasteiger partial charge in [0.15, 0.2) is 0 Å². The van der Waals surface area contributed by atoms with E-state index in [0.29, 0.717) is 12.1 Å². The van der Waals surface area contributed by atoms with Gasteiger partial charge < -0.3 is 10.1 Å². The molecule has 1 saturated carbocycles. The Morgan fingerprint density at radius 1 is 1.00 bits per heavy atom. The van der Waals surface area contributed by atoms with Crippen LogP contribution in [0.15, 0.2) is 48.5 Å². The highest BCUT2D eigenvalue weighted by Gasteiger charge is 2.34. The predicted molar refractivity (Wildman–Crippen MR) is 84.8 cm³/mol. The number of aryl methyl sites for hydroxylation is 1. The van der Waals surface area contributed by atoms with Crippen molar-refractivity contribution in [2.45, 2.75) is 37.8 Å². The minimum absolute atomic E-state index is 0.366. The van der Waals surface area contributed by atoms with Crippen LogP contribution >= 0.6 is 0 Å². The number of nitrogens with one attached hydrogen (secondary N) is 1. The Morgan fingerprint density at radius 3 is 2.57 bits per heavy atom. The third-order valence-electron chi connectivity index (χ3n) is 4.82. The molecular formula is C19H21NO. The zero-order valence-electron chi connectivity index (χ0n) is 12.4. The van der Waals surface area contributed by atoms with Gasteiger partial charge in [0.2, 0.25) is 0 Å². The van der Waals surface area contributed by atoms with Crippen LogP contribution in [0.1, 0.15) is 41.5 Å². The fraction of sp³-hybridized carbons (Fsp3) is 0.368. The quantitative estimate of drug-likeness (QED) is 0.918. The molecule has 1 N–H and O–H groups in total. The molecular weight excluding hydrogens is 258 g/mol. The lowest BCUT2D eigenvalue weighted by Crippen LogP contribution is -2.42. The molecule has 0 aromatic heterocycles. The van der Waals surface area contributed by atoms with Crippen LogP contribution in [-0.4, -0.2) is 12.6 Å². The van der Waals surface area contributed by atoms with Gasteiger partial charge in [-0.3, -0.25) is 0 Å². The molecule has 108 valence electrons. The fourth-order valence-corrected chi connectivity index (χ4v) is 3.45. The van der Waals surface area contributed by atoms with Crippen LogP contribution in [0.25, 0.3) is 0 Å². The van der Waals surface area contributed by atoms with Crippen molar-refractivity contribution >= 4 is 0 Å². The van der Waals surface area contributed by atoms with E-state index in [9.17, 15) is 0 Å². The molecule has 2 aromatic carbocycles. The number of hydrogen-bond donors (Lipinski definition) is 1. The molecule has 0 spiro atoms. The summed E-state index contributed by atoms with van der Waals surface area (Å²) in [4.78, 5) is 0. The standard InChI is InChI=1S/C19H21NO/c1-13-6-8-14(9-7-13)15-10-16(11-15)20-18-12-21-19-5-3-2-4-17(18)19/h2-9,15-16,18,20H,10-12H2,1H3. The van der Waals surface area contributed by atoms with Gasteiger partial charge in [0.05, 0.1) is 6.04 Å². The van der Waals surface area contributed by atoms with Crippen molar-refractivity contribution in [1.82, 2.24) is 5.32 Å². The first-order valence-electron chi connectivity index (χ1n) is 7.84. The molecule has 1 unspecified atom stereocenters. The molecule has 1 aliphatic carbocycles. The molecule has 0 radical (unpaired) electrons. The molecule has 1 fully saturated rings. The highest BCUT2D eigenvalue weighted by atomic mass is 16.5. The fourth-order valence-electron chi connectivity index (χ4n) is 3.45. The van der Waals surface area contributed by atoms with Crippen LogP contribution in [-0.2, 0) is 0 Å². The zero-order chi connectivity index (χ0) is 14.2. The SMILES string of the molecule is Cc1ccc(C2CC(NC3COc4ccccc43)C2)cc1. The van der Waals surface area contributed by atoms with Crippen LogP contribution in [0.4, 0.5) is 0 Å². The molecule has 2 aliphatic rings. The first-order valence-corrected chi connectivity index (χ1v) is 7.84. The number of ether oxygens (including phenoxy) is 1. The van der Waals surface area contributed by atoms with Crippen molar-refractivity contribution in [2.24, 2.45) is 0 Å². The topological polar surface area (TPSA) is 21.3 Å². The van der Waals surface area contributed by atoms with E-state index in [1.54, 1.807) is 0 Å². The van der Waals surface area contributed by atoms with Gasteiger partial charge in [0.1, 0.15) is 12.4 Å². The summed E-state index contributed by atoms with van der Waals surface area (Å²) in [6.45, 7) is 2.91. The summed E-state index contributed by atoms with van der Waals surface area (Å²) in [7, 11) is 0. The maximum Gasteiger partial charge on any atom is 0.124 e. The molecule has 1 atom stereocenters. The van der Waals surface area contributed by atoms with Crippen molar-refractivity contribution < 1.29 is 4.74 Å². The third kappa shape index (κ3) is 2.44. The second kappa shape index (κ2) is 5.19. The van der Waals surface area contributed by atoms with Gasteiger partial charge in [-0.05, 0) is 37.3 Å². The molecule has 2 nitrogen and oxygen atoms in total. The van der Waals surface area contributed by atoms with Gasteiger partial charge in [-0.15, -0.1) is 0 Å². The average molecular weight is 279 g/mol. The average Bonchev–Trinajstić information content (AvgIpc) is 2.87. The van der Waals surface area contributed by atoms with Gasteiger partial charge in [0.25, 0.3) is 0 Å². The summed E-state index contributed by atoms with van der Waals surface area (Å²) in [5, 5.41) is 3.76. The van der Waals surface area contributed by atoms with Crippen LogP contribution in [0.3, 0.4) is 0 Å². The number of benzene rings is 2. The van der Waals surface area contributed by atoms with E-state index >= 15 is 0 Å². The van der Waals surface area contributed by atoms with Crippen LogP contribution in [0, 0.1) is 6.92 Å². The Morgan fingerprint density at radius 2 is 1.76 bits per heavy atom. The normalized spacial score (nSPS) is 26.8. The van der Waals surface area contributed by atoms with Crippen LogP contribution in [0.5, 0.6) is 5.75 Å². The van der Waals surface area contributed by atoms with Gasteiger partial charge >= 0.3 is 0 Å². The predicted octanol–water partition coefficient (Wildman–Crippen LogP) is 3.96. The van der Waals surface area contributed by atoms with E-state index < -0.39 is 0 Å². The van der Waals surface area contributed by atoms with Crippen LogP contribution in [0.2, 0.25) is 0 Å². The van der Waals surface area contributed by atoms with Gasteiger partial charge in [0, 0.05) is 11.6 Å². The highest BCUT2D eigenvalue weighted by Crippen LogP contribution is 2.40. The maximum atomic E-state index is 5.74. The second-order valence-corrected chi connectivity index (χ2v) is 6.34. The lowest BCUT2D eigenvalue weighted by Gasteiger charge is -2.38. The van der Waals surface area contributed by atoms with Crippen LogP contribution < -0.4 is 10.1 Å². The molecule has 21 heavy (non-hydrogen) atoms. The van der Waals surface area contributed by atoms with E-state index in [1.807, 2.05) is 6.07 Å². The lowest BCUT2D eigenvalue weighted by atomic mass is 9.75. The molecule has 2 aromatic rings. The lowest BCUT2D eigenvalue weighted by molar-refractivity contribution is 0.236. The summed E-state index contributed by atoms with van der Waals surface area (Å²) in [6.07, 6.45) is 2.48. The first-order chi connectivity index (χ1) is 10.3. The Labute approximate surface area is 126 Å². The highest BCUT2D eigenvalue weighted by molar-refractivity contribution is 5.39. The largest absolute Gasteiger partial charge is 0.491 e. The molecule has 0 saturated heterocycles. The molecule has 4 rings (SSSR count). The Balaban J connectivity index is 1.36. The van der Waals surface area contributed by atoms with Gasteiger partial charge in [-0.1, -0.05) is 48.0 Å². The molecule has 1 aliphatic heterocycles. The molecule has 1 heterocycles. The van der Waals surface area contributed by atoms with Crippen molar-refractivity contribution in [3.05, 3.63) is 65.2 Å². The van der Waals surface area contributed by atoms with E-state index in [-0.39, 0.29) is 0 Å². The van der Waals surface area contributed by atoms with Gasteiger partial charge in [-0.25, -0.2) is 0 Å². The Bertz CT molecular complexity index is 628. The van der Waals surface area contributed by atoms with E-state index in [0.717, 1.165) is 18.3 Å². The number of para-hydroxylation sites is 1. The summed E-state index contributed by atoms with van der Waals surface area (Å²) >= 11 is 0. The van der Waals surface area contributed by atoms with Crippen molar-refractivity contribution in [3.8, 4) is 5.75 Å². The Kier molecular flexibility index (Phi) is 3.19. The molecule has 0 bridgehead atoms. The molecule has 2 heteroatoms. The van der Waals surface area contributed by atoms with Crippen molar-refractivity contribution in [3.63, 3.8) is 0 Å². The van der Waals surface area contributed by atoms with Crippen molar-refractivity contribution in [1.29, 1.82) is 0 Å². The maximum absolute atomic E-state index is 5.74. The molecule has 0 amide bonds. The Hall–Kier alpha value is -1.80. The van der Waals surface area contributed by atoms with E-state index in [2.05, 4.69) is 54.7 Å². The first kappa shape index (κ1) is 12.9. The minimum Gasteiger partial charge on any atom is -0.491 e. The van der Waals surface area contributed by atoms with Gasteiger partial charge in [-0.2, -0.15) is 0 Å². The minimum atomic E-state index is 0.366. The summed E-state index contributed by atoms with van der Waals surface area (Å²) < 4.78 is 5.74. The number of hydrogen-bond acceptors (Lipinski definition) is 2. The summed E-state index contributed by atoms with van der Waals surface area (Å²) in [5.74, 6) is 1.77. The van der Waals surface area contributed by atoms with Crippen molar-refractivity contribution in [2.75, 3.05) is 6.61 Å².